The van der Waals surface area contributed by atoms with Crippen molar-refractivity contribution in [2.75, 3.05) is 5.32 Å². The average molecular weight is 384 g/mol. The number of hydrogen-bond acceptors (Lipinski definition) is 6. The van der Waals surface area contributed by atoms with Crippen molar-refractivity contribution in [1.29, 1.82) is 0 Å². The van der Waals surface area contributed by atoms with Crippen molar-refractivity contribution >= 4 is 22.8 Å². The van der Waals surface area contributed by atoms with Gasteiger partial charge in [-0.1, -0.05) is 60.7 Å². The number of nitrogens with zero attached hydrogens (tertiary/aromatic N) is 5. The van der Waals surface area contributed by atoms with Crippen LogP contribution in [0.3, 0.4) is 0 Å². The van der Waals surface area contributed by atoms with Gasteiger partial charge < -0.3 is 5.32 Å². The summed E-state index contributed by atoms with van der Waals surface area (Å²) in [7, 11) is 0. The zero-order valence-electron chi connectivity index (χ0n) is 14.8. The van der Waals surface area contributed by atoms with E-state index in [0.717, 1.165) is 22.0 Å². The fraction of sp³-hybridized carbons (Fsp3) is 0.0476. The topological polar surface area (TPSA) is 68.0 Å². The molecule has 5 aromatic rings. The molecule has 1 atom stereocenters. The highest BCUT2D eigenvalue weighted by atomic mass is 32.1. The fourth-order valence-corrected chi connectivity index (χ4v) is 3.81. The van der Waals surface area contributed by atoms with Crippen LogP contribution < -0.4 is 5.32 Å². The van der Waals surface area contributed by atoms with Crippen molar-refractivity contribution in [2.45, 2.75) is 6.04 Å². The minimum Gasteiger partial charge on any atom is -0.355 e. The van der Waals surface area contributed by atoms with E-state index >= 15 is 0 Å². The summed E-state index contributed by atoms with van der Waals surface area (Å²) in [6.07, 6.45) is 1.82. The summed E-state index contributed by atoms with van der Waals surface area (Å²) in [5, 5.41) is 19.8. The van der Waals surface area contributed by atoms with Crippen LogP contribution in [0.15, 0.2) is 84.4 Å². The number of fused-ring (bicyclic) bond motifs is 1. The van der Waals surface area contributed by atoms with Crippen molar-refractivity contribution in [2.24, 2.45) is 0 Å². The highest BCUT2D eigenvalue weighted by Gasteiger charge is 2.18. The first-order valence-electron chi connectivity index (χ1n) is 8.87. The Balaban J connectivity index is 1.55. The second-order valence-electron chi connectivity index (χ2n) is 6.24. The van der Waals surface area contributed by atoms with Crippen LogP contribution in [0, 0.1) is 0 Å². The highest BCUT2D eigenvalue weighted by molar-refractivity contribution is 7.09. The monoisotopic (exact) mass is 384 g/mol. The van der Waals surface area contributed by atoms with Crippen LogP contribution >= 0.6 is 11.3 Å². The number of hydrogen-bond donors (Lipinski definition) is 1. The summed E-state index contributed by atoms with van der Waals surface area (Å²) in [5.74, 6) is 1.44. The first-order chi connectivity index (χ1) is 13.9. The van der Waals surface area contributed by atoms with Crippen molar-refractivity contribution in [1.82, 2.24) is 24.8 Å². The molecule has 0 aliphatic carbocycles. The molecule has 6 nitrogen and oxygen atoms in total. The molecule has 0 spiro atoms. The molecular formula is C21H16N6S. The normalized spacial score (nSPS) is 12.1. The van der Waals surface area contributed by atoms with Crippen LogP contribution in [0.4, 0.5) is 5.82 Å². The number of thiazole rings is 1. The molecule has 0 bridgehead atoms. The summed E-state index contributed by atoms with van der Waals surface area (Å²) < 4.78 is 1.77. The lowest BCUT2D eigenvalue weighted by Crippen LogP contribution is -2.14. The molecule has 0 saturated heterocycles. The quantitative estimate of drug-likeness (QED) is 0.485. The summed E-state index contributed by atoms with van der Waals surface area (Å²) in [6.45, 7) is 0. The van der Waals surface area contributed by atoms with Crippen LogP contribution in [0.5, 0.6) is 0 Å². The van der Waals surface area contributed by atoms with Gasteiger partial charge in [-0.2, -0.15) is 4.52 Å². The molecule has 0 saturated carbocycles. The third-order valence-electron chi connectivity index (χ3n) is 4.42. The van der Waals surface area contributed by atoms with Crippen molar-refractivity contribution in [3.63, 3.8) is 0 Å². The molecular weight excluding hydrogens is 368 g/mol. The third-order valence-corrected chi connectivity index (χ3v) is 5.26. The van der Waals surface area contributed by atoms with Crippen molar-refractivity contribution in [3.05, 3.63) is 94.9 Å². The number of rotatable bonds is 5. The predicted molar refractivity (Wildman–Crippen MR) is 110 cm³/mol. The smallest absolute Gasteiger partial charge is 0.185 e. The standard InChI is InChI=1S/C21H16N6S/c1-3-7-15(8-4-1)19(21-22-13-14-28-21)23-17-11-12-18-24-25-20(27(18)26-17)16-9-5-2-6-10-16/h1-14,19H,(H,23,26). The van der Waals surface area contributed by atoms with E-state index in [-0.39, 0.29) is 6.04 Å². The molecule has 2 aromatic carbocycles. The molecule has 0 aliphatic heterocycles. The zero-order chi connectivity index (χ0) is 18.8. The molecule has 136 valence electrons. The van der Waals surface area contributed by atoms with Gasteiger partial charge in [-0.25, -0.2) is 4.98 Å². The molecule has 5 rings (SSSR count). The molecule has 0 fully saturated rings. The molecule has 0 amide bonds. The van der Waals surface area contributed by atoms with E-state index in [2.05, 4.69) is 32.6 Å². The van der Waals surface area contributed by atoms with Gasteiger partial charge in [0.1, 0.15) is 16.9 Å². The van der Waals surface area contributed by atoms with Gasteiger partial charge in [0.15, 0.2) is 11.5 Å². The Labute approximate surface area is 165 Å². The summed E-state index contributed by atoms with van der Waals surface area (Å²) >= 11 is 1.62. The lowest BCUT2D eigenvalue weighted by atomic mass is 10.1. The zero-order valence-corrected chi connectivity index (χ0v) is 15.6. The Morgan fingerprint density at radius 3 is 2.39 bits per heavy atom. The van der Waals surface area contributed by atoms with Gasteiger partial charge in [0.25, 0.3) is 0 Å². The molecule has 7 heteroatoms. The van der Waals surface area contributed by atoms with Gasteiger partial charge >= 0.3 is 0 Å². The van der Waals surface area contributed by atoms with Crippen LogP contribution in [0.25, 0.3) is 17.0 Å². The van der Waals surface area contributed by atoms with Crippen LogP contribution in [0.1, 0.15) is 16.6 Å². The molecule has 0 aliphatic rings. The van der Waals surface area contributed by atoms with E-state index in [1.165, 1.54) is 0 Å². The minimum atomic E-state index is -0.0807. The number of benzene rings is 2. The van der Waals surface area contributed by atoms with Crippen LogP contribution in [-0.2, 0) is 0 Å². The SMILES string of the molecule is c1ccc(-c2nnc3ccc(NC(c4ccccc4)c4nccs4)nn23)cc1. The summed E-state index contributed by atoms with van der Waals surface area (Å²) in [4.78, 5) is 4.50. The summed E-state index contributed by atoms with van der Waals surface area (Å²) in [6, 6.07) is 23.9. The van der Waals surface area contributed by atoms with E-state index in [1.54, 1.807) is 15.9 Å². The molecule has 28 heavy (non-hydrogen) atoms. The van der Waals surface area contributed by atoms with Gasteiger partial charge in [-0.3, -0.25) is 0 Å². The van der Waals surface area contributed by atoms with Crippen molar-refractivity contribution < 1.29 is 0 Å². The lowest BCUT2D eigenvalue weighted by Gasteiger charge is -2.17. The van der Waals surface area contributed by atoms with E-state index in [4.69, 9.17) is 5.10 Å². The maximum absolute atomic E-state index is 4.74. The Morgan fingerprint density at radius 2 is 1.64 bits per heavy atom. The van der Waals surface area contributed by atoms with Gasteiger partial charge in [0.05, 0.1) is 0 Å². The highest BCUT2D eigenvalue weighted by Crippen LogP contribution is 2.27. The predicted octanol–water partition coefficient (Wildman–Crippen LogP) is 4.45. The second kappa shape index (κ2) is 7.21. The Morgan fingerprint density at radius 1 is 0.857 bits per heavy atom. The van der Waals surface area contributed by atoms with E-state index < -0.39 is 0 Å². The van der Waals surface area contributed by atoms with Gasteiger partial charge in [-0.05, 0) is 17.7 Å². The first kappa shape index (κ1) is 16.6. The maximum Gasteiger partial charge on any atom is 0.185 e. The number of nitrogens with one attached hydrogen (secondary N) is 1. The first-order valence-corrected chi connectivity index (χ1v) is 9.75. The number of aromatic nitrogens is 5. The molecule has 0 radical (unpaired) electrons. The van der Waals surface area contributed by atoms with Gasteiger partial charge in [0, 0.05) is 17.1 Å². The Kier molecular flexibility index (Phi) is 4.27. The molecule has 3 aromatic heterocycles. The fourth-order valence-electron chi connectivity index (χ4n) is 3.09. The summed E-state index contributed by atoms with van der Waals surface area (Å²) in [5.41, 5.74) is 2.81. The van der Waals surface area contributed by atoms with Crippen LogP contribution in [0.2, 0.25) is 0 Å². The largest absolute Gasteiger partial charge is 0.355 e. The minimum absolute atomic E-state index is 0.0807. The average Bonchev–Trinajstić information content (AvgIpc) is 3.43. The molecule has 1 unspecified atom stereocenters. The van der Waals surface area contributed by atoms with Gasteiger partial charge in [0.2, 0.25) is 0 Å². The third kappa shape index (κ3) is 3.12. The van der Waals surface area contributed by atoms with Crippen molar-refractivity contribution in [3.8, 4) is 11.4 Å². The Bertz CT molecular complexity index is 1190. The van der Waals surface area contributed by atoms with E-state index in [1.807, 2.05) is 72.2 Å². The number of anilines is 1. The molecule has 3 heterocycles. The Hall–Kier alpha value is -3.58. The maximum atomic E-state index is 4.74. The molecule has 1 N–H and O–H groups in total. The second-order valence-corrected chi connectivity index (χ2v) is 7.16. The van der Waals surface area contributed by atoms with Gasteiger partial charge in [-0.15, -0.1) is 26.6 Å². The van der Waals surface area contributed by atoms with Crippen LogP contribution in [-0.4, -0.2) is 24.8 Å². The van der Waals surface area contributed by atoms with E-state index in [9.17, 15) is 0 Å². The van der Waals surface area contributed by atoms with E-state index in [0.29, 0.717) is 11.5 Å². The lowest BCUT2D eigenvalue weighted by molar-refractivity contribution is 0.871.